The van der Waals surface area contributed by atoms with Gasteiger partial charge in [-0.3, -0.25) is 25.4 Å². The largest absolute Gasteiger partial charge is 0.469 e. The molecular weight excluding hydrogens is 370 g/mol. The average Bonchev–Trinajstić information content (AvgIpc) is 3.40. The highest BCUT2D eigenvalue weighted by atomic mass is 16.3. The molecule has 2 amide bonds. The molecule has 0 spiro atoms. The number of carbonyl (C=O) groups excluding carboxylic acids is 2. The van der Waals surface area contributed by atoms with Crippen molar-refractivity contribution in [2.75, 3.05) is 0 Å². The summed E-state index contributed by atoms with van der Waals surface area (Å²) in [7, 11) is 0. The number of benzene rings is 1. The molecule has 1 aromatic carbocycles. The van der Waals surface area contributed by atoms with Gasteiger partial charge < -0.3 is 4.42 Å². The first-order valence-corrected chi connectivity index (χ1v) is 8.84. The van der Waals surface area contributed by atoms with E-state index in [1.807, 2.05) is 36.4 Å². The third kappa shape index (κ3) is 3.77. The summed E-state index contributed by atoms with van der Waals surface area (Å²) >= 11 is 0. The molecule has 29 heavy (non-hydrogen) atoms. The molecule has 0 aliphatic rings. The number of nitrogens with one attached hydrogen (secondary N) is 2. The lowest BCUT2D eigenvalue weighted by molar-refractivity contribution is 0.0846. The Morgan fingerprint density at radius 2 is 1.72 bits per heavy atom. The summed E-state index contributed by atoms with van der Waals surface area (Å²) < 4.78 is 6.72. The highest BCUT2D eigenvalue weighted by Crippen LogP contribution is 2.23. The Bertz CT molecular complexity index is 1150. The molecule has 0 unspecified atom stereocenters. The van der Waals surface area contributed by atoms with Crippen molar-refractivity contribution in [2.24, 2.45) is 0 Å². The molecule has 0 atom stereocenters. The lowest BCUT2D eigenvalue weighted by Crippen LogP contribution is -2.41. The maximum absolute atomic E-state index is 12.8. The fraction of sp³-hybridized carbons (Fsp3) is 0.0476. The maximum Gasteiger partial charge on any atom is 0.273 e. The highest BCUT2D eigenvalue weighted by Gasteiger charge is 2.20. The van der Waals surface area contributed by atoms with Gasteiger partial charge in [-0.25, -0.2) is 4.68 Å². The van der Waals surface area contributed by atoms with Gasteiger partial charge in [0.2, 0.25) is 0 Å². The third-order valence-electron chi connectivity index (χ3n) is 4.31. The van der Waals surface area contributed by atoms with Gasteiger partial charge in [0.25, 0.3) is 11.8 Å². The molecule has 0 fully saturated rings. The number of aromatic nitrogens is 3. The number of hydrazine groups is 1. The predicted molar refractivity (Wildman–Crippen MR) is 105 cm³/mol. The van der Waals surface area contributed by atoms with Crippen molar-refractivity contribution >= 4 is 11.8 Å². The summed E-state index contributed by atoms with van der Waals surface area (Å²) in [5, 5.41) is 4.55. The van der Waals surface area contributed by atoms with Crippen LogP contribution in [0.5, 0.6) is 0 Å². The minimum atomic E-state index is -0.500. The Balaban J connectivity index is 1.63. The van der Waals surface area contributed by atoms with Crippen LogP contribution >= 0.6 is 0 Å². The van der Waals surface area contributed by atoms with E-state index >= 15 is 0 Å². The van der Waals surface area contributed by atoms with Crippen molar-refractivity contribution < 1.29 is 14.0 Å². The molecule has 0 saturated carbocycles. The second-order valence-electron chi connectivity index (χ2n) is 6.21. The fourth-order valence-electron chi connectivity index (χ4n) is 2.84. The van der Waals surface area contributed by atoms with Crippen molar-refractivity contribution in [3.8, 4) is 16.9 Å². The van der Waals surface area contributed by atoms with E-state index in [1.54, 1.807) is 36.3 Å². The summed E-state index contributed by atoms with van der Waals surface area (Å²) in [5.74, 6) is -0.506. The zero-order valence-electron chi connectivity index (χ0n) is 15.5. The van der Waals surface area contributed by atoms with Crippen LogP contribution in [0.25, 0.3) is 16.9 Å². The Kier molecular flexibility index (Phi) is 4.90. The third-order valence-corrected chi connectivity index (χ3v) is 4.31. The Hall–Kier alpha value is -4.20. The number of rotatable bonds is 4. The van der Waals surface area contributed by atoms with Gasteiger partial charge in [-0.1, -0.05) is 18.2 Å². The van der Waals surface area contributed by atoms with Gasteiger partial charge in [-0.05, 0) is 37.3 Å². The Morgan fingerprint density at radius 3 is 2.38 bits per heavy atom. The number of hydrogen-bond donors (Lipinski definition) is 2. The SMILES string of the molecule is Cc1occc1C(=O)NNC(=O)c1cn(-c2ccccc2)nc1-c1cccnc1. The molecule has 8 nitrogen and oxygen atoms in total. The summed E-state index contributed by atoms with van der Waals surface area (Å²) in [6.45, 7) is 1.67. The molecule has 0 aliphatic heterocycles. The number of hydrogen-bond acceptors (Lipinski definition) is 5. The summed E-state index contributed by atoms with van der Waals surface area (Å²) in [4.78, 5) is 29.1. The second-order valence-corrected chi connectivity index (χ2v) is 6.21. The molecule has 0 aliphatic carbocycles. The van der Waals surface area contributed by atoms with Crippen molar-refractivity contribution in [3.05, 3.63) is 90.3 Å². The number of amides is 2. The number of carbonyl (C=O) groups is 2. The maximum atomic E-state index is 12.8. The number of furan rings is 1. The van der Waals surface area contributed by atoms with E-state index in [9.17, 15) is 9.59 Å². The van der Waals surface area contributed by atoms with Crippen LogP contribution in [-0.4, -0.2) is 26.6 Å². The first-order valence-electron chi connectivity index (χ1n) is 8.84. The van der Waals surface area contributed by atoms with Crippen LogP contribution in [0.2, 0.25) is 0 Å². The predicted octanol–water partition coefficient (Wildman–Crippen LogP) is 2.91. The first kappa shape index (κ1) is 18.2. The molecule has 3 aromatic heterocycles. The van der Waals surface area contributed by atoms with Crippen LogP contribution in [0.4, 0.5) is 0 Å². The minimum absolute atomic E-state index is 0.297. The van der Waals surface area contributed by atoms with E-state index in [4.69, 9.17) is 4.42 Å². The molecule has 8 heteroatoms. The number of aryl methyl sites for hydroxylation is 1. The van der Waals surface area contributed by atoms with Crippen molar-refractivity contribution in [2.45, 2.75) is 6.92 Å². The average molecular weight is 387 g/mol. The van der Waals surface area contributed by atoms with Crippen molar-refractivity contribution in [1.29, 1.82) is 0 Å². The minimum Gasteiger partial charge on any atom is -0.469 e. The molecule has 144 valence electrons. The van der Waals surface area contributed by atoms with Gasteiger partial charge in [0.05, 0.1) is 23.1 Å². The molecular formula is C21H17N5O3. The van der Waals surface area contributed by atoms with Crippen LogP contribution in [0.3, 0.4) is 0 Å². The molecule has 4 aromatic rings. The fourth-order valence-corrected chi connectivity index (χ4v) is 2.84. The summed E-state index contributed by atoms with van der Waals surface area (Å²) in [6, 6.07) is 14.5. The van der Waals surface area contributed by atoms with Crippen LogP contribution in [0.1, 0.15) is 26.5 Å². The lowest BCUT2D eigenvalue weighted by atomic mass is 10.1. The van der Waals surface area contributed by atoms with E-state index in [2.05, 4.69) is 20.9 Å². The molecule has 4 rings (SSSR count). The van der Waals surface area contributed by atoms with Gasteiger partial charge in [0.15, 0.2) is 0 Å². The van der Waals surface area contributed by atoms with Gasteiger partial charge in [-0.2, -0.15) is 5.10 Å². The van der Waals surface area contributed by atoms with E-state index in [0.29, 0.717) is 28.1 Å². The highest BCUT2D eigenvalue weighted by molar-refractivity contribution is 6.02. The topological polar surface area (TPSA) is 102 Å². The molecule has 0 bridgehead atoms. The Labute approximate surface area is 166 Å². The van der Waals surface area contributed by atoms with Gasteiger partial charge >= 0.3 is 0 Å². The van der Waals surface area contributed by atoms with E-state index < -0.39 is 11.8 Å². The monoisotopic (exact) mass is 387 g/mol. The lowest BCUT2D eigenvalue weighted by Gasteiger charge is -2.06. The zero-order valence-corrected chi connectivity index (χ0v) is 15.5. The van der Waals surface area contributed by atoms with Crippen LogP contribution in [-0.2, 0) is 0 Å². The summed E-state index contributed by atoms with van der Waals surface area (Å²) in [5.41, 5.74) is 7.42. The molecule has 0 radical (unpaired) electrons. The zero-order chi connectivity index (χ0) is 20.2. The smallest absolute Gasteiger partial charge is 0.273 e. The number of para-hydroxylation sites is 1. The van der Waals surface area contributed by atoms with E-state index in [0.717, 1.165) is 5.69 Å². The van der Waals surface area contributed by atoms with Crippen LogP contribution in [0.15, 0.2) is 77.8 Å². The van der Waals surface area contributed by atoms with Crippen molar-refractivity contribution in [3.63, 3.8) is 0 Å². The second kappa shape index (κ2) is 7.81. The van der Waals surface area contributed by atoms with Crippen molar-refractivity contribution in [1.82, 2.24) is 25.6 Å². The quantitative estimate of drug-likeness (QED) is 0.524. The molecule has 0 saturated heterocycles. The van der Waals surface area contributed by atoms with E-state index in [-0.39, 0.29) is 0 Å². The molecule has 3 heterocycles. The standard InChI is InChI=1S/C21H17N5O3/c1-14-17(9-11-29-14)20(27)23-24-21(28)18-13-26(16-7-3-2-4-8-16)25-19(18)15-6-5-10-22-12-15/h2-13H,1H3,(H,23,27)(H,24,28). The summed E-state index contributed by atoms with van der Waals surface area (Å²) in [6.07, 6.45) is 6.30. The number of pyridine rings is 1. The van der Waals surface area contributed by atoms with Gasteiger partial charge in [-0.15, -0.1) is 0 Å². The Morgan fingerprint density at radius 1 is 0.966 bits per heavy atom. The van der Waals surface area contributed by atoms with Gasteiger partial charge in [0, 0.05) is 24.2 Å². The number of nitrogens with zero attached hydrogens (tertiary/aromatic N) is 3. The van der Waals surface area contributed by atoms with Crippen LogP contribution < -0.4 is 10.9 Å². The van der Waals surface area contributed by atoms with Gasteiger partial charge in [0.1, 0.15) is 11.5 Å². The van der Waals surface area contributed by atoms with E-state index in [1.165, 1.54) is 12.3 Å². The first-order chi connectivity index (χ1) is 14.1. The normalized spacial score (nSPS) is 10.5. The molecule has 2 N–H and O–H groups in total. The van der Waals surface area contributed by atoms with Crippen LogP contribution in [0, 0.1) is 6.92 Å².